The number of rotatable bonds is 3. The maximum atomic E-state index is 6.04. The van der Waals surface area contributed by atoms with E-state index in [1.165, 1.54) is 5.56 Å². The van der Waals surface area contributed by atoms with Crippen molar-refractivity contribution in [3.63, 3.8) is 0 Å². The molecule has 0 N–H and O–H groups in total. The van der Waals surface area contributed by atoms with Crippen LogP contribution < -0.4 is 0 Å². The van der Waals surface area contributed by atoms with Crippen molar-refractivity contribution >= 4 is 56.0 Å². The van der Waals surface area contributed by atoms with Gasteiger partial charge < -0.3 is 4.57 Å². The molecule has 3 rings (SSSR count). The third-order valence-corrected chi connectivity index (χ3v) is 5.50. The number of amidine groups is 1. The predicted molar refractivity (Wildman–Crippen MR) is 94.7 cm³/mol. The Kier molecular flexibility index (Phi) is 4.33. The van der Waals surface area contributed by atoms with Crippen molar-refractivity contribution in [2.75, 3.05) is 0 Å². The molecule has 1 aromatic heterocycles. The quantitative estimate of drug-likeness (QED) is 0.529. The summed E-state index contributed by atoms with van der Waals surface area (Å²) in [5, 5.41) is 0.211. The van der Waals surface area contributed by atoms with Crippen LogP contribution >= 0.6 is 43.9 Å². The number of aromatic nitrogens is 1. The molecule has 0 radical (unpaired) electrons. The van der Waals surface area contributed by atoms with E-state index in [1.54, 1.807) is 0 Å². The number of benzene rings is 1. The maximum absolute atomic E-state index is 6.04. The van der Waals surface area contributed by atoms with Crippen molar-refractivity contribution in [2.45, 2.75) is 6.54 Å². The van der Waals surface area contributed by atoms with Gasteiger partial charge in [-0.3, -0.25) is 0 Å². The molecular formula is C14H10Cl2IN3. The fraction of sp³-hybridized carbons (Fsp3) is 0.0714. The van der Waals surface area contributed by atoms with Crippen LogP contribution in [0.1, 0.15) is 11.3 Å². The van der Waals surface area contributed by atoms with E-state index in [0.29, 0.717) is 3.09 Å². The molecule has 0 saturated carbocycles. The summed E-state index contributed by atoms with van der Waals surface area (Å²) in [6, 6.07) is 14.4. The highest BCUT2D eigenvalue weighted by Crippen LogP contribution is 2.22. The monoisotopic (exact) mass is 417 g/mol. The van der Waals surface area contributed by atoms with Crippen LogP contribution in [0.3, 0.4) is 0 Å². The highest BCUT2D eigenvalue weighted by atomic mass is 127. The van der Waals surface area contributed by atoms with E-state index >= 15 is 0 Å². The summed E-state index contributed by atoms with van der Waals surface area (Å²) in [5.41, 5.74) is 2.31. The molecule has 0 spiro atoms. The highest BCUT2D eigenvalue weighted by Gasteiger charge is 2.13. The standard InChI is InChI=1S/C14H10Cl2IN3/c15-13-17-12(18-14(16)19-13)11-7-4-8-20(11)9-10-5-2-1-3-6-10/h1-8H,9H2. The van der Waals surface area contributed by atoms with Gasteiger partial charge in [-0.1, -0.05) is 41.9 Å². The minimum absolute atomic E-state index is 0.211. The van der Waals surface area contributed by atoms with Gasteiger partial charge in [0.1, 0.15) is 3.72 Å². The molecule has 1 aliphatic rings. The summed E-state index contributed by atoms with van der Waals surface area (Å²) in [6.07, 6.45) is 2.04. The van der Waals surface area contributed by atoms with E-state index in [0.717, 1.165) is 16.0 Å². The minimum Gasteiger partial charge on any atom is -0.341 e. The Hall–Kier alpha value is -0.980. The molecule has 1 aromatic carbocycles. The molecule has 0 fully saturated rings. The molecule has 20 heavy (non-hydrogen) atoms. The molecule has 3 nitrogen and oxygen atoms in total. The van der Waals surface area contributed by atoms with Crippen LogP contribution in [0.5, 0.6) is 0 Å². The molecule has 0 aliphatic carbocycles. The number of halogens is 3. The molecule has 0 saturated heterocycles. The van der Waals surface area contributed by atoms with Gasteiger partial charge in [0.2, 0.25) is 5.29 Å². The average Bonchev–Trinajstić information content (AvgIpc) is 2.87. The second kappa shape index (κ2) is 6.20. The largest absolute Gasteiger partial charge is 0.341 e. The summed E-state index contributed by atoms with van der Waals surface area (Å²) >= 11 is 11.4. The van der Waals surface area contributed by atoms with Crippen LogP contribution in [0.2, 0.25) is 0 Å². The van der Waals surface area contributed by atoms with Gasteiger partial charge >= 0.3 is 0 Å². The van der Waals surface area contributed by atoms with Crippen molar-refractivity contribution in [1.82, 2.24) is 4.57 Å². The summed E-state index contributed by atoms with van der Waals surface area (Å²) < 4.78 is 3.69. The van der Waals surface area contributed by atoms with Crippen LogP contribution in [-0.4, -0.2) is 16.7 Å². The van der Waals surface area contributed by atoms with Gasteiger partial charge in [-0.2, -0.15) is 4.99 Å². The molecule has 6 heteroatoms. The van der Waals surface area contributed by atoms with E-state index in [2.05, 4.69) is 26.7 Å². The summed E-state index contributed by atoms with van der Waals surface area (Å²) in [4.78, 5) is 8.31. The lowest BCUT2D eigenvalue weighted by atomic mass is 10.2. The van der Waals surface area contributed by atoms with Gasteiger partial charge in [0.05, 0.1) is 5.69 Å². The lowest BCUT2D eigenvalue weighted by molar-refractivity contribution is 0.800. The Bertz CT molecular complexity index is 714. The van der Waals surface area contributed by atoms with Gasteiger partial charge in [-0.15, -0.1) is 0 Å². The van der Waals surface area contributed by atoms with Gasteiger partial charge in [-0.05, 0) is 50.0 Å². The van der Waals surface area contributed by atoms with Crippen LogP contribution in [0.4, 0.5) is 0 Å². The average molecular weight is 418 g/mol. The third-order valence-electron chi connectivity index (χ3n) is 2.77. The van der Waals surface area contributed by atoms with E-state index < -0.39 is 20.7 Å². The number of aliphatic imine (C=N–C) groups is 2. The highest BCUT2D eigenvalue weighted by molar-refractivity contribution is 14.2. The lowest BCUT2D eigenvalue weighted by Gasteiger charge is -2.10. The fourth-order valence-electron chi connectivity index (χ4n) is 1.92. The van der Waals surface area contributed by atoms with Gasteiger partial charge in [-0.25, -0.2) is 4.99 Å². The summed E-state index contributed by atoms with van der Waals surface area (Å²) in [5.74, 6) is 0. The Morgan fingerprint density at radius 2 is 1.80 bits per heavy atom. The Morgan fingerprint density at radius 3 is 2.55 bits per heavy atom. The minimum atomic E-state index is -0.547. The molecular weight excluding hydrogens is 408 g/mol. The second-order valence-corrected chi connectivity index (χ2v) is 8.04. The van der Waals surface area contributed by atoms with Gasteiger partial charge in [0.15, 0.2) is 3.09 Å². The van der Waals surface area contributed by atoms with E-state index in [-0.39, 0.29) is 5.29 Å². The zero-order valence-corrected chi connectivity index (χ0v) is 14.0. The fourth-order valence-corrected chi connectivity index (χ4v) is 4.83. The summed E-state index contributed by atoms with van der Waals surface area (Å²) in [6.45, 7) is 0.804. The molecule has 0 atom stereocenters. The van der Waals surface area contributed by atoms with Crippen LogP contribution in [-0.2, 0) is 6.54 Å². The summed E-state index contributed by atoms with van der Waals surface area (Å²) in [7, 11) is 0. The smallest absolute Gasteiger partial charge is 0.225 e. The number of hydrogen-bond acceptors (Lipinski definition) is 2. The van der Waals surface area contributed by atoms with Gasteiger partial charge in [0, 0.05) is 12.7 Å². The van der Waals surface area contributed by atoms with Crippen molar-refractivity contribution in [3.05, 3.63) is 59.9 Å². The van der Waals surface area contributed by atoms with E-state index in [4.69, 9.17) is 23.2 Å². The lowest BCUT2D eigenvalue weighted by Crippen LogP contribution is -2.09. The van der Waals surface area contributed by atoms with Crippen molar-refractivity contribution in [2.24, 2.45) is 9.98 Å². The normalized spacial score (nSPS) is 15.0. The molecule has 0 amide bonds. The number of hydrogen-bond donors (Lipinski definition) is 0. The van der Waals surface area contributed by atoms with Crippen LogP contribution in [0.15, 0.2) is 58.6 Å². The first-order chi connectivity index (χ1) is 9.72. The van der Waals surface area contributed by atoms with Crippen molar-refractivity contribution in [1.29, 1.82) is 0 Å². The zero-order valence-electron chi connectivity index (χ0n) is 10.3. The SMILES string of the molecule is ClC1=NC(Cl)=IC(c2cccn2Cc2ccccc2)=N1. The Morgan fingerprint density at radius 1 is 1.00 bits per heavy atom. The first kappa shape index (κ1) is 14.0. The Labute approximate surface area is 136 Å². The van der Waals surface area contributed by atoms with Crippen LogP contribution in [0.25, 0.3) is 0 Å². The molecule has 2 heterocycles. The first-order valence-corrected chi connectivity index (χ1v) is 8.83. The molecule has 1 aliphatic heterocycles. The van der Waals surface area contributed by atoms with Crippen LogP contribution in [0, 0.1) is 0 Å². The third kappa shape index (κ3) is 3.19. The molecule has 102 valence electrons. The van der Waals surface area contributed by atoms with Gasteiger partial charge in [0.25, 0.3) is 0 Å². The first-order valence-electron chi connectivity index (χ1n) is 5.92. The van der Waals surface area contributed by atoms with E-state index in [1.807, 2.05) is 36.5 Å². The Balaban J connectivity index is 1.94. The predicted octanol–water partition coefficient (Wildman–Crippen LogP) is 4.19. The zero-order chi connectivity index (χ0) is 13.9. The second-order valence-electron chi connectivity index (χ2n) is 4.13. The van der Waals surface area contributed by atoms with Crippen molar-refractivity contribution < 1.29 is 0 Å². The van der Waals surface area contributed by atoms with Crippen molar-refractivity contribution in [3.8, 4) is 0 Å². The van der Waals surface area contributed by atoms with E-state index in [9.17, 15) is 0 Å². The molecule has 0 bridgehead atoms. The molecule has 2 aromatic rings. The topological polar surface area (TPSA) is 29.6 Å². The number of nitrogens with zero attached hydrogens (tertiary/aromatic N) is 3. The maximum Gasteiger partial charge on any atom is 0.225 e. The molecule has 0 unspecified atom stereocenters.